The number of anilines is 1. The van der Waals surface area contributed by atoms with Crippen molar-refractivity contribution in [3.63, 3.8) is 0 Å². The summed E-state index contributed by atoms with van der Waals surface area (Å²) in [5, 5.41) is 3.53. The minimum absolute atomic E-state index is 0.0954. The van der Waals surface area contributed by atoms with Gasteiger partial charge in [-0.15, -0.1) is 0 Å². The van der Waals surface area contributed by atoms with Crippen LogP contribution in [0.25, 0.3) is 10.2 Å². The fourth-order valence-electron chi connectivity index (χ4n) is 3.48. The van der Waals surface area contributed by atoms with Crippen LogP contribution in [-0.2, 0) is 20.9 Å². The number of nitrogens with zero attached hydrogens (tertiary/aromatic N) is 3. The Morgan fingerprint density at radius 2 is 1.85 bits per heavy atom. The Morgan fingerprint density at radius 1 is 1.09 bits per heavy atom. The van der Waals surface area contributed by atoms with Crippen LogP contribution in [0.5, 0.6) is 0 Å². The average molecular weight is 469 g/mol. The van der Waals surface area contributed by atoms with E-state index >= 15 is 0 Å². The van der Waals surface area contributed by atoms with Crippen molar-refractivity contribution < 1.29 is 14.3 Å². The Labute approximate surface area is 199 Å². The summed E-state index contributed by atoms with van der Waals surface area (Å²) in [7, 11) is 3.41. The van der Waals surface area contributed by atoms with Crippen molar-refractivity contribution >= 4 is 38.5 Å². The Bertz CT molecular complexity index is 1080. The molecule has 1 heterocycles. The predicted octanol–water partition coefficient (Wildman–Crippen LogP) is 3.53. The lowest BCUT2D eigenvalue weighted by Crippen LogP contribution is -2.42. The minimum Gasteiger partial charge on any atom is -0.385 e. The summed E-state index contributed by atoms with van der Waals surface area (Å²) in [5.41, 5.74) is 4.27. The molecule has 3 aromatic rings. The van der Waals surface area contributed by atoms with Crippen LogP contribution in [0.15, 0.2) is 42.5 Å². The lowest BCUT2D eigenvalue weighted by molar-refractivity contribution is -0.123. The van der Waals surface area contributed by atoms with E-state index in [-0.39, 0.29) is 24.9 Å². The predicted molar refractivity (Wildman–Crippen MR) is 134 cm³/mol. The molecule has 33 heavy (non-hydrogen) atoms. The molecular formula is C25H32N4O3S. The molecule has 0 fully saturated rings. The summed E-state index contributed by atoms with van der Waals surface area (Å²) in [5.74, 6) is -0.205. The summed E-state index contributed by atoms with van der Waals surface area (Å²) in [6.45, 7) is 5.97. The summed E-state index contributed by atoms with van der Waals surface area (Å²) < 4.78 is 6.05. The van der Waals surface area contributed by atoms with Gasteiger partial charge < -0.3 is 10.1 Å². The maximum atomic E-state index is 13.4. The molecule has 7 nitrogen and oxygen atoms in total. The van der Waals surface area contributed by atoms with Gasteiger partial charge in [-0.05, 0) is 50.1 Å². The van der Waals surface area contributed by atoms with Gasteiger partial charge in [0.1, 0.15) is 0 Å². The third kappa shape index (κ3) is 6.83. The van der Waals surface area contributed by atoms with Crippen LogP contribution in [0, 0.1) is 13.8 Å². The monoisotopic (exact) mass is 468 g/mol. The van der Waals surface area contributed by atoms with Gasteiger partial charge in [0.2, 0.25) is 11.8 Å². The van der Waals surface area contributed by atoms with Crippen molar-refractivity contribution in [2.75, 3.05) is 45.3 Å². The van der Waals surface area contributed by atoms with Crippen LogP contribution >= 0.6 is 11.3 Å². The molecule has 0 unspecified atom stereocenters. The summed E-state index contributed by atoms with van der Waals surface area (Å²) in [6.07, 6.45) is 0.756. The molecule has 1 aromatic heterocycles. The molecule has 8 heteroatoms. The number of likely N-dealkylation sites (N-methyl/N-ethyl adjacent to an activating group) is 1. The van der Waals surface area contributed by atoms with E-state index in [0.717, 1.165) is 27.8 Å². The molecular weight excluding hydrogens is 436 g/mol. The molecule has 0 aliphatic carbocycles. The highest BCUT2D eigenvalue weighted by Gasteiger charge is 2.23. The lowest BCUT2D eigenvalue weighted by Gasteiger charge is -2.23. The first-order chi connectivity index (χ1) is 15.9. The van der Waals surface area contributed by atoms with E-state index in [0.29, 0.717) is 24.8 Å². The van der Waals surface area contributed by atoms with Gasteiger partial charge in [0, 0.05) is 20.3 Å². The number of methoxy groups -OCH3 is 1. The van der Waals surface area contributed by atoms with Gasteiger partial charge in [0.25, 0.3) is 0 Å². The van der Waals surface area contributed by atoms with Crippen molar-refractivity contribution in [2.45, 2.75) is 26.8 Å². The van der Waals surface area contributed by atoms with Gasteiger partial charge in [-0.1, -0.05) is 47.7 Å². The van der Waals surface area contributed by atoms with E-state index in [2.05, 4.69) is 31.3 Å². The summed E-state index contributed by atoms with van der Waals surface area (Å²) in [6, 6.07) is 14.0. The van der Waals surface area contributed by atoms with Crippen molar-refractivity contribution in [1.82, 2.24) is 15.2 Å². The summed E-state index contributed by atoms with van der Waals surface area (Å²) in [4.78, 5) is 33.8. The molecule has 0 saturated heterocycles. The van der Waals surface area contributed by atoms with Gasteiger partial charge in [-0.2, -0.15) is 0 Å². The zero-order valence-electron chi connectivity index (χ0n) is 19.8. The van der Waals surface area contributed by atoms with Crippen molar-refractivity contribution in [2.24, 2.45) is 0 Å². The molecule has 0 radical (unpaired) electrons. The van der Waals surface area contributed by atoms with Gasteiger partial charge in [0.05, 0.1) is 29.9 Å². The Hall–Kier alpha value is -2.81. The number of ether oxygens (including phenoxy) is 1. The SMILES string of the molecule is COCCCNC(=O)CN(C)CC(=O)N(Cc1ccccc1)c1nc2c(C)c(C)ccc2s1. The second-order valence-corrected chi connectivity index (χ2v) is 9.19. The van der Waals surface area contributed by atoms with Gasteiger partial charge in [0.15, 0.2) is 5.13 Å². The fourth-order valence-corrected chi connectivity index (χ4v) is 4.52. The maximum Gasteiger partial charge on any atom is 0.243 e. The van der Waals surface area contributed by atoms with Crippen LogP contribution < -0.4 is 10.2 Å². The molecule has 0 bridgehead atoms. The van der Waals surface area contributed by atoms with Crippen molar-refractivity contribution in [3.05, 3.63) is 59.2 Å². The number of aromatic nitrogens is 1. The van der Waals surface area contributed by atoms with E-state index in [1.165, 1.54) is 16.9 Å². The number of benzene rings is 2. The van der Waals surface area contributed by atoms with E-state index in [9.17, 15) is 9.59 Å². The highest BCUT2D eigenvalue weighted by molar-refractivity contribution is 7.22. The van der Waals surface area contributed by atoms with E-state index in [4.69, 9.17) is 9.72 Å². The Morgan fingerprint density at radius 3 is 2.58 bits per heavy atom. The average Bonchev–Trinajstić information content (AvgIpc) is 3.23. The fraction of sp³-hybridized carbons (Fsp3) is 0.400. The standard InChI is InChI=1S/C25H32N4O3S/c1-18-11-12-21-24(19(18)2)27-25(33-21)29(15-20-9-6-5-7-10-20)23(31)17-28(3)16-22(30)26-13-8-14-32-4/h5-7,9-12H,8,13-17H2,1-4H3,(H,26,30). The first-order valence-electron chi connectivity index (χ1n) is 11.0. The number of thiazole rings is 1. The number of fused-ring (bicyclic) bond motifs is 1. The van der Waals surface area contributed by atoms with Gasteiger partial charge in [-0.3, -0.25) is 19.4 Å². The first kappa shape index (κ1) is 24.8. The van der Waals surface area contributed by atoms with E-state index in [1.807, 2.05) is 30.3 Å². The molecule has 1 N–H and O–H groups in total. The third-order valence-electron chi connectivity index (χ3n) is 5.46. The number of hydrogen-bond acceptors (Lipinski definition) is 6. The molecule has 0 spiro atoms. The second-order valence-electron chi connectivity index (χ2n) is 8.18. The summed E-state index contributed by atoms with van der Waals surface area (Å²) >= 11 is 1.52. The highest BCUT2D eigenvalue weighted by Crippen LogP contribution is 2.32. The Balaban J connectivity index is 1.75. The number of carbonyl (C=O) groups excluding carboxylic acids is 2. The number of aryl methyl sites for hydroxylation is 2. The van der Waals surface area contributed by atoms with E-state index < -0.39 is 0 Å². The minimum atomic E-state index is -0.109. The van der Waals surface area contributed by atoms with Crippen molar-refractivity contribution in [1.29, 1.82) is 0 Å². The normalized spacial score (nSPS) is 11.2. The zero-order chi connectivity index (χ0) is 23.8. The highest BCUT2D eigenvalue weighted by atomic mass is 32.1. The number of carbonyl (C=O) groups is 2. The van der Waals surface area contributed by atoms with Gasteiger partial charge >= 0.3 is 0 Å². The first-order valence-corrected chi connectivity index (χ1v) is 11.9. The molecule has 0 saturated carbocycles. The molecule has 2 amide bonds. The third-order valence-corrected chi connectivity index (χ3v) is 6.50. The van der Waals surface area contributed by atoms with Crippen LogP contribution in [-0.4, -0.2) is 62.1 Å². The van der Waals surface area contributed by atoms with Crippen molar-refractivity contribution in [3.8, 4) is 0 Å². The number of nitrogens with one attached hydrogen (secondary N) is 1. The van der Waals surface area contributed by atoms with Crippen LogP contribution in [0.4, 0.5) is 5.13 Å². The molecule has 0 aliphatic rings. The van der Waals surface area contributed by atoms with Gasteiger partial charge in [-0.25, -0.2) is 4.98 Å². The van der Waals surface area contributed by atoms with Crippen LogP contribution in [0.1, 0.15) is 23.1 Å². The number of rotatable bonds is 11. The maximum absolute atomic E-state index is 13.4. The quantitative estimate of drug-likeness (QED) is 0.436. The molecule has 2 aromatic carbocycles. The van der Waals surface area contributed by atoms with Crippen LogP contribution in [0.2, 0.25) is 0 Å². The van der Waals surface area contributed by atoms with E-state index in [1.54, 1.807) is 24.0 Å². The second kappa shape index (κ2) is 11.9. The number of hydrogen-bond donors (Lipinski definition) is 1. The Kier molecular flexibility index (Phi) is 8.94. The zero-order valence-corrected chi connectivity index (χ0v) is 20.6. The molecule has 0 atom stereocenters. The van der Waals surface area contributed by atoms with Crippen LogP contribution in [0.3, 0.4) is 0 Å². The largest absolute Gasteiger partial charge is 0.385 e. The molecule has 176 valence electrons. The number of amides is 2. The topological polar surface area (TPSA) is 74.8 Å². The molecule has 3 rings (SSSR count). The molecule has 0 aliphatic heterocycles. The lowest BCUT2D eigenvalue weighted by atomic mass is 10.1. The smallest absolute Gasteiger partial charge is 0.243 e.